The van der Waals surface area contributed by atoms with E-state index in [2.05, 4.69) is 72.9 Å². The third-order valence-electron chi connectivity index (χ3n) is 3.64. The first-order valence-electron chi connectivity index (χ1n) is 7.18. The lowest BCUT2D eigenvalue weighted by molar-refractivity contribution is 0.267. The molecule has 0 amide bonds. The summed E-state index contributed by atoms with van der Waals surface area (Å²) >= 11 is 1.85. The number of anilines is 1. The average Bonchev–Trinajstić information content (AvgIpc) is 2.91. The quantitative estimate of drug-likeness (QED) is 0.827. The van der Waals surface area contributed by atoms with Crippen LogP contribution in [-0.2, 0) is 6.42 Å². The second-order valence-corrected chi connectivity index (χ2v) is 6.44. The summed E-state index contributed by atoms with van der Waals surface area (Å²) in [5, 5.41) is 5.65. The zero-order valence-corrected chi connectivity index (χ0v) is 13.4. The zero-order chi connectivity index (χ0) is 14.4. The van der Waals surface area contributed by atoms with Gasteiger partial charge < -0.3 is 10.2 Å². The third-order valence-corrected chi connectivity index (χ3v) is 4.54. The van der Waals surface area contributed by atoms with Crippen LogP contribution in [0.3, 0.4) is 0 Å². The minimum Gasteiger partial charge on any atom is -0.384 e. The lowest BCUT2D eigenvalue weighted by atomic mass is 10.2. The van der Waals surface area contributed by atoms with Gasteiger partial charge in [-0.05, 0) is 56.5 Å². The summed E-state index contributed by atoms with van der Waals surface area (Å²) < 4.78 is 0. The zero-order valence-electron chi connectivity index (χ0n) is 12.6. The van der Waals surface area contributed by atoms with Crippen molar-refractivity contribution >= 4 is 17.0 Å². The number of hydrogen-bond acceptors (Lipinski definition) is 3. The van der Waals surface area contributed by atoms with Crippen LogP contribution in [0.2, 0.25) is 0 Å². The summed E-state index contributed by atoms with van der Waals surface area (Å²) in [6, 6.07) is 13.5. The minimum absolute atomic E-state index is 0.577. The van der Waals surface area contributed by atoms with Crippen molar-refractivity contribution in [1.82, 2.24) is 4.90 Å². The molecule has 1 unspecified atom stereocenters. The van der Waals surface area contributed by atoms with Crippen LogP contribution >= 0.6 is 11.3 Å². The summed E-state index contributed by atoms with van der Waals surface area (Å²) in [6.45, 7) is 6.46. The molecule has 2 nitrogen and oxygen atoms in total. The molecule has 0 aliphatic rings. The van der Waals surface area contributed by atoms with Crippen molar-refractivity contribution in [2.75, 3.05) is 25.5 Å². The molecule has 0 saturated carbocycles. The van der Waals surface area contributed by atoms with E-state index in [1.165, 1.54) is 16.1 Å². The summed E-state index contributed by atoms with van der Waals surface area (Å²) in [5.41, 5.74) is 2.51. The monoisotopic (exact) mass is 288 g/mol. The number of nitrogens with one attached hydrogen (secondary N) is 1. The fourth-order valence-corrected chi connectivity index (χ4v) is 3.05. The van der Waals surface area contributed by atoms with Crippen molar-refractivity contribution in [3.05, 3.63) is 52.2 Å². The third kappa shape index (κ3) is 4.66. The Labute approximate surface area is 126 Å². The molecular formula is C17H24N2S. The predicted molar refractivity (Wildman–Crippen MR) is 89.8 cm³/mol. The number of likely N-dealkylation sites (N-methyl/N-ethyl adjacent to an activating group) is 1. The van der Waals surface area contributed by atoms with Crippen LogP contribution in [0.1, 0.15) is 17.4 Å². The summed E-state index contributed by atoms with van der Waals surface area (Å²) in [6.07, 6.45) is 1.14. The topological polar surface area (TPSA) is 15.3 Å². The number of thiophene rings is 1. The number of benzene rings is 1. The molecule has 0 spiro atoms. The molecule has 2 rings (SSSR count). The Morgan fingerprint density at radius 3 is 2.80 bits per heavy atom. The van der Waals surface area contributed by atoms with Gasteiger partial charge in [-0.25, -0.2) is 0 Å². The SMILES string of the molecule is Cc1cccc(NCCN(C)C(C)Cc2cccs2)c1. The van der Waals surface area contributed by atoms with E-state index in [0.717, 1.165) is 19.5 Å². The fourth-order valence-electron chi connectivity index (χ4n) is 2.23. The van der Waals surface area contributed by atoms with Crippen LogP contribution in [0.5, 0.6) is 0 Å². The molecule has 1 N–H and O–H groups in total. The molecule has 1 heterocycles. The van der Waals surface area contributed by atoms with Gasteiger partial charge in [-0.1, -0.05) is 18.2 Å². The summed E-state index contributed by atoms with van der Waals surface area (Å²) in [7, 11) is 2.20. The van der Waals surface area contributed by atoms with E-state index in [1.807, 2.05) is 11.3 Å². The maximum Gasteiger partial charge on any atom is 0.0343 e. The van der Waals surface area contributed by atoms with E-state index in [-0.39, 0.29) is 0 Å². The normalized spacial score (nSPS) is 12.6. The Balaban J connectivity index is 1.73. The summed E-state index contributed by atoms with van der Waals surface area (Å²) in [4.78, 5) is 3.89. The van der Waals surface area contributed by atoms with E-state index in [1.54, 1.807) is 0 Å². The average molecular weight is 288 g/mol. The second-order valence-electron chi connectivity index (χ2n) is 5.41. The number of nitrogens with zero attached hydrogens (tertiary/aromatic N) is 1. The molecule has 1 aromatic heterocycles. The van der Waals surface area contributed by atoms with Crippen molar-refractivity contribution < 1.29 is 0 Å². The first-order valence-corrected chi connectivity index (χ1v) is 8.06. The predicted octanol–water partition coefficient (Wildman–Crippen LogP) is 4.03. The highest BCUT2D eigenvalue weighted by atomic mass is 32.1. The van der Waals surface area contributed by atoms with Crippen molar-refractivity contribution in [2.24, 2.45) is 0 Å². The minimum atomic E-state index is 0.577. The van der Waals surface area contributed by atoms with Gasteiger partial charge >= 0.3 is 0 Å². The van der Waals surface area contributed by atoms with Gasteiger partial charge in [0.2, 0.25) is 0 Å². The molecule has 0 saturated heterocycles. The van der Waals surface area contributed by atoms with Crippen molar-refractivity contribution in [2.45, 2.75) is 26.3 Å². The van der Waals surface area contributed by atoms with E-state index in [9.17, 15) is 0 Å². The maximum absolute atomic E-state index is 3.49. The molecule has 0 radical (unpaired) electrons. The van der Waals surface area contributed by atoms with E-state index < -0.39 is 0 Å². The number of hydrogen-bond donors (Lipinski definition) is 1. The molecule has 1 aromatic carbocycles. The molecule has 1 atom stereocenters. The fraction of sp³-hybridized carbons (Fsp3) is 0.412. The smallest absolute Gasteiger partial charge is 0.0343 e. The van der Waals surface area contributed by atoms with Crippen molar-refractivity contribution in [1.29, 1.82) is 0 Å². The van der Waals surface area contributed by atoms with Gasteiger partial charge in [-0.15, -0.1) is 11.3 Å². The van der Waals surface area contributed by atoms with Crippen LogP contribution in [0.15, 0.2) is 41.8 Å². The molecule has 3 heteroatoms. The highest BCUT2D eigenvalue weighted by Crippen LogP contribution is 2.13. The highest BCUT2D eigenvalue weighted by molar-refractivity contribution is 7.09. The first kappa shape index (κ1) is 15.1. The van der Waals surface area contributed by atoms with E-state index >= 15 is 0 Å². The van der Waals surface area contributed by atoms with E-state index in [0.29, 0.717) is 6.04 Å². The maximum atomic E-state index is 3.49. The van der Waals surface area contributed by atoms with Gasteiger partial charge in [0.05, 0.1) is 0 Å². The van der Waals surface area contributed by atoms with Gasteiger partial charge in [0.15, 0.2) is 0 Å². The Kier molecular flexibility index (Phi) is 5.62. The van der Waals surface area contributed by atoms with Crippen molar-refractivity contribution in [3.63, 3.8) is 0 Å². The lowest BCUT2D eigenvalue weighted by Crippen LogP contribution is -2.34. The van der Waals surface area contributed by atoms with Crippen molar-refractivity contribution in [3.8, 4) is 0 Å². The Bertz CT molecular complexity index is 507. The molecule has 0 fully saturated rings. The first-order chi connectivity index (χ1) is 9.65. The van der Waals surface area contributed by atoms with Crippen LogP contribution in [0.25, 0.3) is 0 Å². The number of rotatable bonds is 7. The highest BCUT2D eigenvalue weighted by Gasteiger charge is 2.10. The van der Waals surface area contributed by atoms with Gasteiger partial charge in [0.25, 0.3) is 0 Å². The molecule has 0 bridgehead atoms. The second kappa shape index (κ2) is 7.46. The van der Waals surface area contributed by atoms with Crippen LogP contribution < -0.4 is 5.32 Å². The molecule has 108 valence electrons. The lowest BCUT2D eigenvalue weighted by Gasteiger charge is -2.24. The van der Waals surface area contributed by atoms with Gasteiger partial charge in [0.1, 0.15) is 0 Å². The number of aryl methyl sites for hydroxylation is 1. The van der Waals surface area contributed by atoms with Crippen LogP contribution in [0.4, 0.5) is 5.69 Å². The largest absolute Gasteiger partial charge is 0.384 e. The van der Waals surface area contributed by atoms with Crippen LogP contribution in [0, 0.1) is 6.92 Å². The summed E-state index contributed by atoms with van der Waals surface area (Å²) in [5.74, 6) is 0. The Morgan fingerprint density at radius 2 is 2.10 bits per heavy atom. The molecule has 0 aliphatic carbocycles. The Hall–Kier alpha value is -1.32. The van der Waals surface area contributed by atoms with E-state index in [4.69, 9.17) is 0 Å². The Morgan fingerprint density at radius 1 is 1.25 bits per heavy atom. The van der Waals surface area contributed by atoms with Gasteiger partial charge in [-0.2, -0.15) is 0 Å². The van der Waals surface area contributed by atoms with Gasteiger partial charge in [-0.3, -0.25) is 0 Å². The molecule has 2 aromatic rings. The van der Waals surface area contributed by atoms with Gasteiger partial charge in [0, 0.05) is 29.7 Å². The van der Waals surface area contributed by atoms with Crippen LogP contribution in [-0.4, -0.2) is 31.1 Å². The molecular weight excluding hydrogens is 264 g/mol. The standard InChI is InChI=1S/C17H24N2S/c1-14-6-4-7-16(12-14)18-9-10-19(3)15(2)13-17-8-5-11-20-17/h4-8,11-12,15,18H,9-10,13H2,1-3H3. The molecule has 20 heavy (non-hydrogen) atoms. The molecule has 0 aliphatic heterocycles.